The van der Waals surface area contributed by atoms with Crippen molar-refractivity contribution in [2.45, 2.75) is 66.0 Å². The van der Waals surface area contributed by atoms with Gasteiger partial charge in [0.05, 0.1) is 24.8 Å². The van der Waals surface area contributed by atoms with Crippen molar-refractivity contribution in [3.8, 4) is 11.5 Å². The highest BCUT2D eigenvalue weighted by molar-refractivity contribution is 6.51. The number of nitrogens with zero attached hydrogens (tertiary/aromatic N) is 1. The molecule has 1 saturated heterocycles. The third-order valence-electron chi connectivity index (χ3n) is 7.04. The topological polar surface area (TPSA) is 76.1 Å². The highest BCUT2D eigenvalue weighted by atomic mass is 16.5. The van der Waals surface area contributed by atoms with E-state index in [0.29, 0.717) is 28.3 Å². The summed E-state index contributed by atoms with van der Waals surface area (Å²) in [4.78, 5) is 28.7. The second-order valence-corrected chi connectivity index (χ2v) is 11.3. The molecule has 1 unspecified atom stereocenters. The predicted octanol–water partition coefficient (Wildman–Crippen LogP) is 7.02. The van der Waals surface area contributed by atoms with Crippen LogP contribution < -0.4 is 14.4 Å². The lowest BCUT2D eigenvalue weighted by atomic mass is 9.84. The smallest absolute Gasteiger partial charge is 0.300 e. The minimum absolute atomic E-state index is 0.0324. The summed E-state index contributed by atoms with van der Waals surface area (Å²) in [6.45, 7) is 14.0. The summed E-state index contributed by atoms with van der Waals surface area (Å²) in [5.41, 5.74) is 4.39. The second kappa shape index (κ2) is 10.6. The molecular weight excluding hydrogens is 490 g/mol. The molecule has 4 rings (SSSR count). The van der Waals surface area contributed by atoms with Gasteiger partial charge >= 0.3 is 0 Å². The van der Waals surface area contributed by atoms with Gasteiger partial charge in [-0.15, -0.1) is 0 Å². The van der Waals surface area contributed by atoms with Crippen molar-refractivity contribution in [1.82, 2.24) is 0 Å². The van der Waals surface area contributed by atoms with E-state index in [2.05, 4.69) is 0 Å². The average molecular weight is 528 g/mol. The Morgan fingerprint density at radius 1 is 0.949 bits per heavy atom. The molecule has 0 aliphatic carbocycles. The third kappa shape index (κ3) is 5.42. The highest BCUT2D eigenvalue weighted by Crippen LogP contribution is 2.44. The lowest BCUT2D eigenvalue weighted by Crippen LogP contribution is -2.29. The summed E-state index contributed by atoms with van der Waals surface area (Å²) in [7, 11) is 1.60. The first-order chi connectivity index (χ1) is 18.3. The zero-order valence-electron chi connectivity index (χ0n) is 24.0. The van der Waals surface area contributed by atoms with Gasteiger partial charge in [-0.3, -0.25) is 14.5 Å². The number of carbonyl (C=O) groups excluding carboxylic acids is 2. The normalized spacial score (nSPS) is 17.2. The molecule has 0 bridgehead atoms. The number of rotatable bonds is 6. The minimum atomic E-state index is -0.844. The molecule has 1 N–H and O–H groups in total. The van der Waals surface area contributed by atoms with Gasteiger partial charge in [0.15, 0.2) is 0 Å². The summed E-state index contributed by atoms with van der Waals surface area (Å²) >= 11 is 0. The number of ketones is 1. The Hall–Kier alpha value is -4.06. The summed E-state index contributed by atoms with van der Waals surface area (Å²) in [5, 5.41) is 11.7. The highest BCUT2D eigenvalue weighted by Gasteiger charge is 2.47. The van der Waals surface area contributed by atoms with Crippen molar-refractivity contribution < 1.29 is 24.2 Å². The second-order valence-electron chi connectivity index (χ2n) is 11.3. The number of hydrogen-bond acceptors (Lipinski definition) is 5. The van der Waals surface area contributed by atoms with Gasteiger partial charge in [0.25, 0.3) is 11.7 Å². The molecule has 204 valence electrons. The van der Waals surface area contributed by atoms with Gasteiger partial charge in [0.1, 0.15) is 17.3 Å². The van der Waals surface area contributed by atoms with Crippen molar-refractivity contribution in [2.75, 3.05) is 12.0 Å². The Kier molecular flexibility index (Phi) is 7.60. The predicted molar refractivity (Wildman–Crippen MR) is 155 cm³/mol. The largest absolute Gasteiger partial charge is 0.507 e. The fourth-order valence-electron chi connectivity index (χ4n) is 4.92. The van der Waals surface area contributed by atoms with Crippen LogP contribution in [-0.2, 0) is 15.0 Å². The molecule has 39 heavy (non-hydrogen) atoms. The van der Waals surface area contributed by atoms with Crippen LogP contribution in [0.5, 0.6) is 11.5 Å². The molecule has 1 amide bonds. The number of hydrogen-bond donors (Lipinski definition) is 1. The first kappa shape index (κ1) is 28.0. The molecule has 3 aromatic rings. The van der Waals surface area contributed by atoms with Crippen molar-refractivity contribution in [3.63, 3.8) is 0 Å². The molecule has 0 saturated carbocycles. The van der Waals surface area contributed by atoms with Crippen molar-refractivity contribution in [3.05, 3.63) is 94.1 Å². The van der Waals surface area contributed by atoms with Gasteiger partial charge in [0, 0.05) is 16.8 Å². The van der Waals surface area contributed by atoms with E-state index in [0.717, 1.165) is 16.7 Å². The van der Waals surface area contributed by atoms with E-state index in [1.807, 2.05) is 97.0 Å². The Bertz CT molecular complexity index is 1460. The van der Waals surface area contributed by atoms with Crippen LogP contribution in [0.25, 0.3) is 5.76 Å². The van der Waals surface area contributed by atoms with Crippen LogP contribution >= 0.6 is 0 Å². The summed E-state index contributed by atoms with van der Waals surface area (Å²) in [6, 6.07) is 17.5. The molecule has 0 aromatic heterocycles. The Morgan fingerprint density at radius 3 is 2.28 bits per heavy atom. The van der Waals surface area contributed by atoms with Gasteiger partial charge in [-0.05, 0) is 92.3 Å². The molecule has 1 heterocycles. The van der Waals surface area contributed by atoms with E-state index in [4.69, 9.17) is 9.47 Å². The summed E-state index contributed by atoms with van der Waals surface area (Å²) < 4.78 is 11.5. The van der Waals surface area contributed by atoms with Crippen LogP contribution in [0.1, 0.15) is 68.5 Å². The Labute approximate surface area is 230 Å². The number of anilines is 1. The molecular formula is C33H37NO5. The fourth-order valence-corrected chi connectivity index (χ4v) is 4.92. The molecule has 1 atom stereocenters. The number of aliphatic hydroxyl groups is 1. The van der Waals surface area contributed by atoms with Crippen molar-refractivity contribution >= 4 is 23.1 Å². The standard InChI is InChI=1S/C33H37NO5/c1-19(2)39-25-11-9-10-22(17-25)29-28(30(35)23-13-15-27(38-8)26(18-23)33(5,6)7)31(36)32(37)34(29)24-14-12-20(3)21(4)16-24/h9-19,29,35H,1-8H3/b30-28+. The van der Waals surface area contributed by atoms with E-state index in [-0.39, 0.29) is 22.9 Å². The monoisotopic (exact) mass is 527 g/mol. The Morgan fingerprint density at radius 2 is 1.67 bits per heavy atom. The lowest BCUT2D eigenvalue weighted by Gasteiger charge is -2.27. The zero-order chi connectivity index (χ0) is 28.6. The van der Waals surface area contributed by atoms with E-state index in [1.54, 1.807) is 19.2 Å². The quantitative estimate of drug-likeness (QED) is 0.212. The average Bonchev–Trinajstić information content (AvgIpc) is 3.14. The number of Topliss-reactive ketones (excluding diaryl/α,β-unsaturated/α-hetero) is 1. The summed E-state index contributed by atoms with van der Waals surface area (Å²) in [5.74, 6) is -0.353. The number of ether oxygens (including phenoxy) is 2. The lowest BCUT2D eigenvalue weighted by molar-refractivity contribution is -0.132. The molecule has 3 aromatic carbocycles. The number of amides is 1. The van der Waals surface area contributed by atoms with Crippen LogP contribution in [0.2, 0.25) is 0 Å². The maximum absolute atomic E-state index is 13.6. The van der Waals surface area contributed by atoms with Gasteiger partial charge in [-0.25, -0.2) is 0 Å². The van der Waals surface area contributed by atoms with Crippen LogP contribution in [0, 0.1) is 13.8 Å². The maximum atomic E-state index is 13.6. The molecule has 6 nitrogen and oxygen atoms in total. The van der Waals surface area contributed by atoms with Crippen LogP contribution in [0.3, 0.4) is 0 Å². The van der Waals surface area contributed by atoms with E-state index < -0.39 is 17.7 Å². The third-order valence-corrected chi connectivity index (χ3v) is 7.04. The van der Waals surface area contributed by atoms with E-state index in [9.17, 15) is 14.7 Å². The summed E-state index contributed by atoms with van der Waals surface area (Å²) in [6.07, 6.45) is -0.0542. The molecule has 6 heteroatoms. The van der Waals surface area contributed by atoms with Crippen LogP contribution in [0.4, 0.5) is 5.69 Å². The SMILES string of the molecule is COc1ccc(/C(O)=C2\C(=O)C(=O)N(c3ccc(C)c(C)c3)C2c2cccc(OC(C)C)c2)cc1C(C)(C)C. The van der Waals surface area contributed by atoms with E-state index >= 15 is 0 Å². The number of aliphatic hydroxyl groups excluding tert-OH is 1. The number of benzene rings is 3. The molecule has 0 radical (unpaired) electrons. The van der Waals surface area contributed by atoms with Crippen LogP contribution in [0.15, 0.2) is 66.2 Å². The van der Waals surface area contributed by atoms with Crippen molar-refractivity contribution in [1.29, 1.82) is 0 Å². The van der Waals surface area contributed by atoms with Gasteiger partial charge in [-0.1, -0.05) is 39.0 Å². The molecule has 0 spiro atoms. The fraction of sp³-hybridized carbons (Fsp3) is 0.333. The number of methoxy groups -OCH3 is 1. The van der Waals surface area contributed by atoms with Gasteiger partial charge in [-0.2, -0.15) is 0 Å². The zero-order valence-corrected chi connectivity index (χ0v) is 24.0. The molecule has 1 fully saturated rings. The van der Waals surface area contributed by atoms with Crippen molar-refractivity contribution in [2.24, 2.45) is 0 Å². The molecule has 1 aliphatic heterocycles. The van der Waals surface area contributed by atoms with Gasteiger partial charge in [0.2, 0.25) is 0 Å². The minimum Gasteiger partial charge on any atom is -0.507 e. The maximum Gasteiger partial charge on any atom is 0.300 e. The first-order valence-corrected chi connectivity index (χ1v) is 13.2. The van der Waals surface area contributed by atoms with E-state index in [1.165, 1.54) is 4.90 Å². The number of carbonyl (C=O) groups is 2. The molecule has 1 aliphatic rings. The first-order valence-electron chi connectivity index (χ1n) is 13.2. The Balaban J connectivity index is 1.97. The number of aryl methyl sites for hydroxylation is 2. The van der Waals surface area contributed by atoms with Crippen LogP contribution in [-0.4, -0.2) is 30.0 Å². The van der Waals surface area contributed by atoms with Gasteiger partial charge < -0.3 is 14.6 Å².